The number of aryl methyl sites for hydroxylation is 1. The molecule has 1 saturated heterocycles. The Morgan fingerprint density at radius 1 is 1.29 bits per heavy atom. The van der Waals surface area contributed by atoms with Crippen molar-refractivity contribution in [2.75, 3.05) is 20.8 Å². The minimum Gasteiger partial charge on any atom is -0.497 e. The van der Waals surface area contributed by atoms with E-state index < -0.39 is 0 Å². The number of hydrogen-bond acceptors (Lipinski definition) is 3. The zero-order chi connectivity index (χ0) is 12.1. The first-order valence-corrected chi connectivity index (χ1v) is 6.28. The second kappa shape index (κ2) is 5.92. The molecule has 1 atom stereocenters. The number of ether oxygens (including phenoxy) is 2. The number of nitrogens with one attached hydrogen (secondary N) is 1. The van der Waals surface area contributed by atoms with Crippen LogP contribution in [0, 0.1) is 0 Å². The van der Waals surface area contributed by atoms with Gasteiger partial charge in [0.05, 0.1) is 14.2 Å². The first-order chi connectivity index (χ1) is 8.33. The molecule has 3 nitrogen and oxygen atoms in total. The smallest absolute Gasteiger partial charge is 0.125 e. The maximum atomic E-state index is 5.40. The van der Waals surface area contributed by atoms with Gasteiger partial charge in [-0.25, -0.2) is 0 Å². The molecule has 0 bridgehead atoms. The highest BCUT2D eigenvalue weighted by atomic mass is 16.5. The van der Waals surface area contributed by atoms with Gasteiger partial charge >= 0.3 is 0 Å². The van der Waals surface area contributed by atoms with Gasteiger partial charge in [0.2, 0.25) is 0 Å². The van der Waals surface area contributed by atoms with Crippen LogP contribution in [-0.2, 0) is 6.42 Å². The Balaban J connectivity index is 1.98. The third-order valence-corrected chi connectivity index (χ3v) is 3.42. The van der Waals surface area contributed by atoms with Crippen LogP contribution < -0.4 is 14.8 Å². The molecule has 1 heterocycles. The summed E-state index contributed by atoms with van der Waals surface area (Å²) in [6.07, 6.45) is 4.86. The highest BCUT2D eigenvalue weighted by Crippen LogP contribution is 2.26. The van der Waals surface area contributed by atoms with Crippen LogP contribution in [0.3, 0.4) is 0 Å². The number of methoxy groups -OCH3 is 2. The Morgan fingerprint density at radius 3 is 2.82 bits per heavy atom. The summed E-state index contributed by atoms with van der Waals surface area (Å²) < 4.78 is 10.6. The molecule has 0 spiro atoms. The van der Waals surface area contributed by atoms with Crippen LogP contribution in [0.5, 0.6) is 11.5 Å². The molecule has 3 heteroatoms. The summed E-state index contributed by atoms with van der Waals surface area (Å²) in [5, 5.41) is 3.52. The van der Waals surface area contributed by atoms with E-state index in [0.29, 0.717) is 6.04 Å². The fraction of sp³-hybridized carbons (Fsp3) is 0.571. The molecule has 1 aromatic rings. The Morgan fingerprint density at radius 2 is 2.18 bits per heavy atom. The molecule has 0 aromatic heterocycles. The van der Waals surface area contributed by atoms with E-state index >= 15 is 0 Å². The van der Waals surface area contributed by atoms with Crippen molar-refractivity contribution in [3.63, 3.8) is 0 Å². The average molecular weight is 235 g/mol. The summed E-state index contributed by atoms with van der Waals surface area (Å²) in [7, 11) is 3.39. The highest BCUT2D eigenvalue weighted by molar-refractivity contribution is 5.40. The first-order valence-electron chi connectivity index (χ1n) is 6.28. The molecule has 2 rings (SSSR count). The van der Waals surface area contributed by atoms with Crippen molar-refractivity contribution in [3.8, 4) is 11.5 Å². The van der Waals surface area contributed by atoms with Crippen molar-refractivity contribution in [2.24, 2.45) is 0 Å². The van der Waals surface area contributed by atoms with Gasteiger partial charge < -0.3 is 14.8 Å². The fourth-order valence-corrected chi connectivity index (χ4v) is 2.39. The van der Waals surface area contributed by atoms with Crippen molar-refractivity contribution < 1.29 is 9.47 Å². The fourth-order valence-electron chi connectivity index (χ4n) is 2.39. The lowest BCUT2D eigenvalue weighted by atomic mass is 10.0. The van der Waals surface area contributed by atoms with Crippen LogP contribution in [0.1, 0.15) is 24.8 Å². The molecule has 1 aromatic carbocycles. The quantitative estimate of drug-likeness (QED) is 0.850. The SMILES string of the molecule is COc1ccc(CCC2CCCN2)c(OC)c1. The van der Waals surface area contributed by atoms with E-state index in [1.54, 1.807) is 14.2 Å². The molecular formula is C14H21NO2. The zero-order valence-electron chi connectivity index (χ0n) is 10.7. The lowest BCUT2D eigenvalue weighted by Crippen LogP contribution is -2.21. The Bertz CT molecular complexity index is 359. The second-order valence-corrected chi connectivity index (χ2v) is 4.51. The molecule has 0 radical (unpaired) electrons. The van der Waals surface area contributed by atoms with E-state index in [-0.39, 0.29) is 0 Å². The standard InChI is InChI=1S/C14H21NO2/c1-16-13-8-6-11(14(10-13)17-2)5-7-12-4-3-9-15-12/h6,8,10,12,15H,3-5,7,9H2,1-2H3. The van der Waals surface area contributed by atoms with E-state index in [9.17, 15) is 0 Å². The highest BCUT2D eigenvalue weighted by Gasteiger charge is 2.14. The molecule has 1 unspecified atom stereocenters. The van der Waals surface area contributed by atoms with Crippen molar-refractivity contribution in [1.82, 2.24) is 5.32 Å². The Hall–Kier alpha value is -1.22. The third kappa shape index (κ3) is 3.13. The first kappa shape index (κ1) is 12.2. The lowest BCUT2D eigenvalue weighted by Gasteiger charge is -2.13. The zero-order valence-corrected chi connectivity index (χ0v) is 10.7. The van der Waals surface area contributed by atoms with E-state index in [0.717, 1.165) is 17.9 Å². The predicted octanol–water partition coefficient (Wildman–Crippen LogP) is 2.39. The normalized spacial score (nSPS) is 19.3. The third-order valence-electron chi connectivity index (χ3n) is 3.42. The van der Waals surface area contributed by atoms with Crippen LogP contribution in [0.25, 0.3) is 0 Å². The summed E-state index contributed by atoms with van der Waals surface area (Å²) in [5.74, 6) is 1.78. The minimum absolute atomic E-state index is 0.682. The average Bonchev–Trinajstić information content (AvgIpc) is 2.89. The molecule has 1 aliphatic heterocycles. The number of rotatable bonds is 5. The summed E-state index contributed by atoms with van der Waals surface area (Å²) in [5.41, 5.74) is 1.27. The van der Waals surface area contributed by atoms with E-state index in [1.165, 1.54) is 31.4 Å². The van der Waals surface area contributed by atoms with E-state index in [2.05, 4.69) is 11.4 Å². The summed E-state index contributed by atoms with van der Waals surface area (Å²) in [6.45, 7) is 1.17. The van der Waals surface area contributed by atoms with E-state index in [1.807, 2.05) is 12.1 Å². The molecular weight excluding hydrogens is 214 g/mol. The van der Waals surface area contributed by atoms with Gasteiger partial charge in [-0.1, -0.05) is 6.07 Å². The van der Waals surface area contributed by atoms with Gasteiger partial charge in [-0.2, -0.15) is 0 Å². The molecule has 1 aliphatic rings. The predicted molar refractivity (Wildman–Crippen MR) is 68.9 cm³/mol. The van der Waals surface area contributed by atoms with Gasteiger partial charge in [0.15, 0.2) is 0 Å². The van der Waals surface area contributed by atoms with Crippen molar-refractivity contribution in [2.45, 2.75) is 31.7 Å². The summed E-state index contributed by atoms with van der Waals surface area (Å²) in [6, 6.07) is 6.74. The molecule has 0 amide bonds. The van der Waals surface area contributed by atoms with Crippen molar-refractivity contribution >= 4 is 0 Å². The van der Waals surface area contributed by atoms with Crippen LogP contribution >= 0.6 is 0 Å². The molecule has 94 valence electrons. The van der Waals surface area contributed by atoms with E-state index in [4.69, 9.17) is 9.47 Å². The monoisotopic (exact) mass is 235 g/mol. The topological polar surface area (TPSA) is 30.5 Å². The maximum absolute atomic E-state index is 5.40. The minimum atomic E-state index is 0.682. The van der Waals surface area contributed by atoms with Gasteiger partial charge in [-0.3, -0.25) is 0 Å². The maximum Gasteiger partial charge on any atom is 0.125 e. The van der Waals surface area contributed by atoms with Gasteiger partial charge in [0, 0.05) is 12.1 Å². The molecule has 0 saturated carbocycles. The molecule has 17 heavy (non-hydrogen) atoms. The molecule has 1 N–H and O–H groups in total. The van der Waals surface area contributed by atoms with Gasteiger partial charge in [-0.05, 0) is 43.9 Å². The Kier molecular flexibility index (Phi) is 4.26. The van der Waals surface area contributed by atoms with Crippen LogP contribution in [0.4, 0.5) is 0 Å². The molecule has 0 aliphatic carbocycles. The Labute approximate surface area is 103 Å². The van der Waals surface area contributed by atoms with Crippen molar-refractivity contribution in [1.29, 1.82) is 0 Å². The van der Waals surface area contributed by atoms with Gasteiger partial charge in [0.1, 0.15) is 11.5 Å². The molecule has 1 fully saturated rings. The van der Waals surface area contributed by atoms with Crippen LogP contribution in [-0.4, -0.2) is 26.8 Å². The summed E-state index contributed by atoms with van der Waals surface area (Å²) in [4.78, 5) is 0. The lowest BCUT2D eigenvalue weighted by molar-refractivity contribution is 0.390. The van der Waals surface area contributed by atoms with Gasteiger partial charge in [0.25, 0.3) is 0 Å². The number of hydrogen-bond donors (Lipinski definition) is 1. The second-order valence-electron chi connectivity index (χ2n) is 4.51. The largest absolute Gasteiger partial charge is 0.497 e. The summed E-state index contributed by atoms with van der Waals surface area (Å²) >= 11 is 0. The van der Waals surface area contributed by atoms with Crippen LogP contribution in [0.2, 0.25) is 0 Å². The van der Waals surface area contributed by atoms with Crippen molar-refractivity contribution in [3.05, 3.63) is 23.8 Å². The number of benzene rings is 1. The van der Waals surface area contributed by atoms with Crippen LogP contribution in [0.15, 0.2) is 18.2 Å². The van der Waals surface area contributed by atoms with Gasteiger partial charge in [-0.15, -0.1) is 0 Å².